The molecule has 1 saturated carbocycles. The lowest BCUT2D eigenvalue weighted by Crippen LogP contribution is -2.33. The zero-order valence-electron chi connectivity index (χ0n) is 13.1. The molecule has 21 heavy (non-hydrogen) atoms. The first-order chi connectivity index (χ1) is 9.90. The summed E-state index contributed by atoms with van der Waals surface area (Å²) in [6.45, 7) is 6.99. The highest BCUT2D eigenvalue weighted by Gasteiger charge is 2.22. The molecular weight excluding hydrogens is 304 g/mol. The van der Waals surface area contributed by atoms with E-state index < -0.39 is 10.0 Å². The van der Waals surface area contributed by atoms with E-state index in [1.54, 1.807) is 6.07 Å². The van der Waals surface area contributed by atoms with Gasteiger partial charge in [-0.25, -0.2) is 13.1 Å². The van der Waals surface area contributed by atoms with Gasteiger partial charge in [-0.1, -0.05) is 20.3 Å². The summed E-state index contributed by atoms with van der Waals surface area (Å²) in [5.74, 6) is 0.532. The smallest absolute Gasteiger partial charge is 0.250 e. The molecule has 0 bridgehead atoms. The summed E-state index contributed by atoms with van der Waals surface area (Å²) in [6, 6.07) is 4.24. The van der Waals surface area contributed by atoms with Gasteiger partial charge in [-0.05, 0) is 44.2 Å². The van der Waals surface area contributed by atoms with Gasteiger partial charge in [0.05, 0.1) is 0 Å². The largest absolute Gasteiger partial charge is 0.309 e. The van der Waals surface area contributed by atoms with Gasteiger partial charge in [0.1, 0.15) is 4.21 Å². The molecule has 1 aromatic rings. The Morgan fingerprint density at radius 2 is 2.05 bits per heavy atom. The molecule has 0 radical (unpaired) electrons. The number of hydrogen-bond acceptors (Lipinski definition) is 4. The highest BCUT2D eigenvalue weighted by atomic mass is 32.2. The highest BCUT2D eigenvalue weighted by molar-refractivity contribution is 7.91. The van der Waals surface area contributed by atoms with Crippen molar-refractivity contribution in [3.05, 3.63) is 17.0 Å². The lowest BCUT2D eigenvalue weighted by Gasteiger charge is -2.16. The van der Waals surface area contributed by atoms with Gasteiger partial charge in [0.2, 0.25) is 10.0 Å². The van der Waals surface area contributed by atoms with E-state index in [2.05, 4.69) is 23.9 Å². The maximum absolute atomic E-state index is 12.4. The number of sulfonamides is 1. The fourth-order valence-corrected chi connectivity index (χ4v) is 4.85. The van der Waals surface area contributed by atoms with Gasteiger partial charge in [-0.3, -0.25) is 0 Å². The maximum atomic E-state index is 12.4. The molecule has 0 amide bonds. The van der Waals surface area contributed by atoms with Gasteiger partial charge >= 0.3 is 0 Å². The molecule has 120 valence electrons. The minimum absolute atomic E-state index is 0.0277. The standard InChI is InChI=1S/C15H26N2O2S2/c1-4-11(2)9-12(3)17-21(18,19)15-8-7-14(20-15)10-16-13-5-6-13/h7-8,11-13,16-17H,4-6,9-10H2,1-3H3. The number of nitrogens with one attached hydrogen (secondary N) is 2. The van der Waals surface area contributed by atoms with Crippen molar-refractivity contribution >= 4 is 21.4 Å². The molecule has 0 saturated heterocycles. The van der Waals surface area contributed by atoms with Crippen molar-refractivity contribution in [3.63, 3.8) is 0 Å². The van der Waals surface area contributed by atoms with E-state index in [0.717, 1.165) is 24.3 Å². The monoisotopic (exact) mass is 330 g/mol. The van der Waals surface area contributed by atoms with Gasteiger partial charge in [0, 0.05) is 23.5 Å². The molecule has 0 spiro atoms. The van der Waals surface area contributed by atoms with E-state index in [9.17, 15) is 8.42 Å². The van der Waals surface area contributed by atoms with Crippen molar-refractivity contribution in [2.75, 3.05) is 0 Å². The SMILES string of the molecule is CCC(C)CC(C)NS(=O)(=O)c1ccc(CNC2CC2)s1. The van der Waals surface area contributed by atoms with Crippen LogP contribution in [0.15, 0.2) is 16.3 Å². The van der Waals surface area contributed by atoms with Crippen LogP contribution in [-0.2, 0) is 16.6 Å². The Labute approximate surface area is 132 Å². The van der Waals surface area contributed by atoms with Crippen molar-refractivity contribution in [2.45, 2.75) is 69.3 Å². The fraction of sp³-hybridized carbons (Fsp3) is 0.733. The van der Waals surface area contributed by atoms with Crippen LogP contribution in [-0.4, -0.2) is 20.5 Å². The third-order valence-corrected chi connectivity index (χ3v) is 7.02. The van der Waals surface area contributed by atoms with Crippen LogP contribution < -0.4 is 10.0 Å². The fourth-order valence-electron chi connectivity index (χ4n) is 2.27. The van der Waals surface area contributed by atoms with Gasteiger partial charge in [0.25, 0.3) is 0 Å². The second kappa shape index (κ2) is 7.22. The third kappa shape index (κ3) is 5.36. The summed E-state index contributed by atoms with van der Waals surface area (Å²) in [5.41, 5.74) is 0. The average molecular weight is 331 g/mol. The van der Waals surface area contributed by atoms with Gasteiger partial charge in [-0.15, -0.1) is 11.3 Å². The average Bonchev–Trinajstić information content (AvgIpc) is 3.11. The quantitative estimate of drug-likeness (QED) is 0.731. The summed E-state index contributed by atoms with van der Waals surface area (Å²) in [5, 5.41) is 3.41. The minimum Gasteiger partial charge on any atom is -0.309 e. The van der Waals surface area contributed by atoms with E-state index in [1.165, 1.54) is 24.2 Å². The first-order valence-electron chi connectivity index (χ1n) is 7.75. The molecule has 1 aromatic heterocycles. The molecule has 0 aliphatic heterocycles. The summed E-state index contributed by atoms with van der Waals surface area (Å²) < 4.78 is 27.9. The van der Waals surface area contributed by atoms with Gasteiger partial charge < -0.3 is 5.32 Å². The molecule has 1 heterocycles. The van der Waals surface area contributed by atoms with Crippen molar-refractivity contribution < 1.29 is 8.42 Å². The Bertz CT molecular complexity index is 550. The molecule has 4 nitrogen and oxygen atoms in total. The topological polar surface area (TPSA) is 58.2 Å². The molecule has 6 heteroatoms. The normalized spacial score (nSPS) is 18.6. The van der Waals surface area contributed by atoms with Gasteiger partial charge in [0.15, 0.2) is 0 Å². The number of hydrogen-bond donors (Lipinski definition) is 2. The highest BCUT2D eigenvalue weighted by Crippen LogP contribution is 2.24. The summed E-state index contributed by atoms with van der Waals surface area (Å²) >= 11 is 1.36. The second-order valence-electron chi connectivity index (χ2n) is 6.15. The molecule has 2 rings (SSSR count). The van der Waals surface area contributed by atoms with Crippen LogP contribution in [0.25, 0.3) is 0 Å². The second-order valence-corrected chi connectivity index (χ2v) is 9.26. The molecular formula is C15H26N2O2S2. The minimum atomic E-state index is -3.37. The summed E-state index contributed by atoms with van der Waals surface area (Å²) in [7, 11) is -3.37. The Hall–Kier alpha value is -0.430. The third-order valence-electron chi connectivity index (χ3n) is 3.85. The molecule has 1 fully saturated rings. The van der Waals surface area contributed by atoms with Crippen LogP contribution in [0, 0.1) is 5.92 Å². The van der Waals surface area contributed by atoms with E-state index in [-0.39, 0.29) is 6.04 Å². The first kappa shape index (κ1) is 16.9. The van der Waals surface area contributed by atoms with Crippen LogP contribution in [0.4, 0.5) is 0 Å². The molecule has 2 atom stereocenters. The van der Waals surface area contributed by atoms with Crippen LogP contribution in [0.5, 0.6) is 0 Å². The Morgan fingerprint density at radius 1 is 1.33 bits per heavy atom. The molecule has 2 N–H and O–H groups in total. The maximum Gasteiger partial charge on any atom is 0.250 e. The molecule has 2 unspecified atom stereocenters. The van der Waals surface area contributed by atoms with Crippen molar-refractivity contribution in [3.8, 4) is 0 Å². The van der Waals surface area contributed by atoms with Crippen LogP contribution in [0.1, 0.15) is 51.3 Å². The van der Waals surface area contributed by atoms with E-state index >= 15 is 0 Å². The van der Waals surface area contributed by atoms with Crippen LogP contribution in [0.2, 0.25) is 0 Å². The Morgan fingerprint density at radius 3 is 2.67 bits per heavy atom. The van der Waals surface area contributed by atoms with Crippen LogP contribution >= 0.6 is 11.3 Å². The van der Waals surface area contributed by atoms with E-state index in [0.29, 0.717) is 16.2 Å². The molecule has 0 aromatic carbocycles. The Balaban J connectivity index is 1.91. The van der Waals surface area contributed by atoms with E-state index in [1.807, 2.05) is 13.0 Å². The molecule has 1 aliphatic carbocycles. The summed E-state index contributed by atoms with van der Waals surface area (Å²) in [4.78, 5) is 1.08. The first-order valence-corrected chi connectivity index (χ1v) is 10.0. The lowest BCUT2D eigenvalue weighted by atomic mass is 10.0. The van der Waals surface area contributed by atoms with Crippen LogP contribution in [0.3, 0.4) is 0 Å². The summed E-state index contributed by atoms with van der Waals surface area (Å²) in [6.07, 6.45) is 4.43. The zero-order valence-corrected chi connectivity index (χ0v) is 14.7. The Kier molecular flexibility index (Phi) is 5.82. The predicted molar refractivity (Wildman–Crippen MR) is 88.0 cm³/mol. The lowest BCUT2D eigenvalue weighted by molar-refractivity contribution is 0.446. The van der Waals surface area contributed by atoms with Crippen molar-refractivity contribution in [1.29, 1.82) is 0 Å². The number of thiophene rings is 1. The van der Waals surface area contributed by atoms with Crippen molar-refractivity contribution in [2.24, 2.45) is 5.92 Å². The van der Waals surface area contributed by atoms with Crippen molar-refractivity contribution in [1.82, 2.24) is 10.0 Å². The van der Waals surface area contributed by atoms with Gasteiger partial charge in [-0.2, -0.15) is 0 Å². The molecule has 1 aliphatic rings. The number of rotatable bonds is 9. The predicted octanol–water partition coefficient (Wildman–Crippen LogP) is 3.10. The van der Waals surface area contributed by atoms with E-state index in [4.69, 9.17) is 0 Å². The zero-order chi connectivity index (χ0) is 15.5.